The van der Waals surface area contributed by atoms with E-state index in [1.54, 1.807) is 0 Å². The van der Waals surface area contributed by atoms with Crippen molar-refractivity contribution in [3.63, 3.8) is 0 Å². The van der Waals surface area contributed by atoms with Crippen molar-refractivity contribution in [1.29, 1.82) is 0 Å². The lowest BCUT2D eigenvalue weighted by Crippen LogP contribution is -1.87. The molecule has 0 amide bonds. The second-order valence-electron chi connectivity index (χ2n) is 3.12. The van der Waals surface area contributed by atoms with Crippen LogP contribution in [-0.2, 0) is 0 Å². The number of rotatable bonds is 0. The van der Waals surface area contributed by atoms with Crippen LogP contribution in [0.15, 0.2) is 18.3 Å². The summed E-state index contributed by atoms with van der Waals surface area (Å²) in [5.74, 6) is 2.57. The van der Waals surface area contributed by atoms with E-state index in [0.29, 0.717) is 0 Å². The first-order valence-corrected chi connectivity index (χ1v) is 4.14. The van der Waals surface area contributed by atoms with Crippen molar-refractivity contribution >= 4 is 5.65 Å². The summed E-state index contributed by atoms with van der Waals surface area (Å²) in [5, 5.41) is 0. The predicted octanol–water partition coefficient (Wildman–Crippen LogP) is 1.93. The van der Waals surface area contributed by atoms with Crippen LogP contribution in [0.4, 0.5) is 0 Å². The van der Waals surface area contributed by atoms with Crippen LogP contribution in [0.25, 0.3) is 5.65 Å². The van der Waals surface area contributed by atoms with Crippen molar-refractivity contribution in [2.24, 2.45) is 0 Å². The largest absolute Gasteiger partial charge is 0.303 e. The first-order valence-electron chi connectivity index (χ1n) is 4.14. The molecule has 0 aliphatic heterocycles. The Bertz CT molecular complexity index is 501. The maximum absolute atomic E-state index is 5.33. The summed E-state index contributed by atoms with van der Waals surface area (Å²) in [6.45, 7) is 4.02. The Morgan fingerprint density at radius 1 is 1.46 bits per heavy atom. The molecule has 2 aromatic rings. The number of hydrogen-bond donors (Lipinski definition) is 0. The van der Waals surface area contributed by atoms with Gasteiger partial charge in [-0.15, -0.1) is 6.42 Å². The fourth-order valence-corrected chi connectivity index (χ4v) is 1.41. The zero-order valence-corrected chi connectivity index (χ0v) is 7.70. The molecule has 13 heavy (non-hydrogen) atoms. The number of terminal acetylenes is 1. The topological polar surface area (TPSA) is 17.3 Å². The van der Waals surface area contributed by atoms with Gasteiger partial charge in [0.1, 0.15) is 11.3 Å². The Kier molecular flexibility index (Phi) is 1.60. The molecule has 0 atom stereocenters. The quantitative estimate of drug-likeness (QED) is 0.552. The summed E-state index contributed by atoms with van der Waals surface area (Å²) >= 11 is 0. The molecule has 0 saturated heterocycles. The maximum atomic E-state index is 5.33. The summed E-state index contributed by atoms with van der Waals surface area (Å²) in [4.78, 5) is 4.32. The van der Waals surface area contributed by atoms with Gasteiger partial charge in [-0.25, -0.2) is 4.98 Å². The predicted molar refractivity (Wildman–Crippen MR) is 52.6 cm³/mol. The second-order valence-corrected chi connectivity index (χ2v) is 3.12. The van der Waals surface area contributed by atoms with Crippen LogP contribution in [0.5, 0.6) is 0 Å². The Morgan fingerprint density at radius 3 is 2.92 bits per heavy atom. The van der Waals surface area contributed by atoms with Gasteiger partial charge in [-0.05, 0) is 37.5 Å². The van der Waals surface area contributed by atoms with Gasteiger partial charge in [0.15, 0.2) is 0 Å². The fraction of sp³-hybridized carbons (Fsp3) is 0.182. The summed E-state index contributed by atoms with van der Waals surface area (Å²) in [7, 11) is 0. The highest BCUT2D eigenvalue weighted by atomic mass is 15.0. The molecule has 0 radical (unpaired) electrons. The molecule has 2 heterocycles. The normalized spacial score (nSPS) is 10.2. The molecule has 0 saturated carbocycles. The smallest absolute Gasteiger partial charge is 0.138 e. The van der Waals surface area contributed by atoms with E-state index in [9.17, 15) is 0 Å². The Balaban J connectivity index is 2.86. The average Bonchev–Trinajstić information content (AvgIpc) is 2.42. The SMILES string of the molecule is C#Cc1nc2cc(C)ccn2c1C. The van der Waals surface area contributed by atoms with E-state index in [1.807, 2.05) is 36.6 Å². The maximum Gasteiger partial charge on any atom is 0.138 e. The van der Waals surface area contributed by atoms with Gasteiger partial charge in [0.2, 0.25) is 0 Å². The van der Waals surface area contributed by atoms with Crippen molar-refractivity contribution in [1.82, 2.24) is 9.38 Å². The van der Waals surface area contributed by atoms with E-state index in [0.717, 1.165) is 17.0 Å². The first kappa shape index (κ1) is 7.88. The van der Waals surface area contributed by atoms with Gasteiger partial charge in [-0.3, -0.25) is 0 Å². The standard InChI is InChI=1S/C11H10N2/c1-4-10-9(3)13-6-5-8(2)7-11(13)12-10/h1,5-7H,2-3H3. The Labute approximate surface area is 77.2 Å². The van der Waals surface area contributed by atoms with E-state index >= 15 is 0 Å². The molecule has 0 spiro atoms. The minimum Gasteiger partial charge on any atom is -0.303 e. The van der Waals surface area contributed by atoms with Crippen LogP contribution in [0.2, 0.25) is 0 Å². The molecule has 64 valence electrons. The summed E-state index contributed by atoms with van der Waals surface area (Å²) < 4.78 is 2.00. The molecule has 0 aliphatic rings. The summed E-state index contributed by atoms with van der Waals surface area (Å²) in [6, 6.07) is 4.07. The van der Waals surface area contributed by atoms with Crippen LogP contribution in [0.1, 0.15) is 17.0 Å². The Morgan fingerprint density at radius 2 is 2.23 bits per heavy atom. The van der Waals surface area contributed by atoms with Crippen LogP contribution < -0.4 is 0 Å². The van der Waals surface area contributed by atoms with E-state index in [-0.39, 0.29) is 0 Å². The van der Waals surface area contributed by atoms with E-state index < -0.39 is 0 Å². The molecule has 0 aromatic carbocycles. The molecule has 0 bridgehead atoms. The van der Waals surface area contributed by atoms with Crippen molar-refractivity contribution in [2.75, 3.05) is 0 Å². The highest BCUT2D eigenvalue weighted by Crippen LogP contribution is 2.11. The number of aromatic nitrogens is 2. The van der Waals surface area contributed by atoms with Gasteiger partial charge in [-0.1, -0.05) is 0 Å². The molecular weight excluding hydrogens is 160 g/mol. The molecule has 2 heteroatoms. The lowest BCUT2D eigenvalue weighted by molar-refractivity contribution is 1.10. The van der Waals surface area contributed by atoms with Gasteiger partial charge in [-0.2, -0.15) is 0 Å². The van der Waals surface area contributed by atoms with Crippen LogP contribution >= 0.6 is 0 Å². The number of fused-ring (bicyclic) bond motifs is 1. The van der Waals surface area contributed by atoms with Crippen LogP contribution in [0, 0.1) is 26.2 Å². The molecule has 0 fully saturated rings. The number of hydrogen-bond acceptors (Lipinski definition) is 1. The molecular formula is C11H10N2. The number of imidazole rings is 1. The number of aryl methyl sites for hydroxylation is 2. The van der Waals surface area contributed by atoms with E-state index in [4.69, 9.17) is 6.42 Å². The van der Waals surface area contributed by atoms with Crippen LogP contribution in [0.3, 0.4) is 0 Å². The van der Waals surface area contributed by atoms with Crippen molar-refractivity contribution in [3.05, 3.63) is 35.3 Å². The molecule has 0 N–H and O–H groups in total. The fourth-order valence-electron chi connectivity index (χ4n) is 1.41. The summed E-state index contributed by atoms with van der Waals surface area (Å²) in [6.07, 6.45) is 7.32. The zero-order chi connectivity index (χ0) is 9.42. The zero-order valence-electron chi connectivity index (χ0n) is 7.70. The summed E-state index contributed by atoms with van der Waals surface area (Å²) in [5.41, 5.74) is 3.87. The third-order valence-electron chi connectivity index (χ3n) is 2.16. The van der Waals surface area contributed by atoms with Crippen molar-refractivity contribution in [3.8, 4) is 12.3 Å². The van der Waals surface area contributed by atoms with E-state index in [2.05, 4.69) is 10.9 Å². The third kappa shape index (κ3) is 1.09. The van der Waals surface area contributed by atoms with Gasteiger partial charge in [0.25, 0.3) is 0 Å². The minimum atomic E-state index is 0.727. The van der Waals surface area contributed by atoms with E-state index in [1.165, 1.54) is 5.56 Å². The van der Waals surface area contributed by atoms with Gasteiger partial charge >= 0.3 is 0 Å². The molecule has 0 aliphatic carbocycles. The molecule has 0 unspecified atom stereocenters. The lowest BCUT2D eigenvalue weighted by atomic mass is 10.3. The molecule has 2 nitrogen and oxygen atoms in total. The lowest BCUT2D eigenvalue weighted by Gasteiger charge is -1.96. The van der Waals surface area contributed by atoms with Gasteiger partial charge in [0, 0.05) is 6.20 Å². The van der Waals surface area contributed by atoms with Crippen molar-refractivity contribution in [2.45, 2.75) is 13.8 Å². The third-order valence-corrected chi connectivity index (χ3v) is 2.16. The molecule has 2 aromatic heterocycles. The van der Waals surface area contributed by atoms with Crippen LogP contribution in [-0.4, -0.2) is 9.38 Å². The molecule has 2 rings (SSSR count). The number of pyridine rings is 1. The first-order chi connectivity index (χ1) is 6.22. The Hall–Kier alpha value is -1.75. The van der Waals surface area contributed by atoms with Gasteiger partial charge in [0.05, 0.1) is 5.69 Å². The monoisotopic (exact) mass is 170 g/mol. The van der Waals surface area contributed by atoms with Crippen molar-refractivity contribution < 1.29 is 0 Å². The minimum absolute atomic E-state index is 0.727. The van der Waals surface area contributed by atoms with Gasteiger partial charge < -0.3 is 4.40 Å². The second kappa shape index (κ2) is 2.63. The number of nitrogens with zero attached hydrogens (tertiary/aromatic N) is 2. The highest BCUT2D eigenvalue weighted by Gasteiger charge is 2.04. The highest BCUT2D eigenvalue weighted by molar-refractivity contribution is 5.48. The average molecular weight is 170 g/mol.